The molecule has 1 fully saturated rings. The Morgan fingerprint density at radius 2 is 2.50 bits per heavy atom. The lowest BCUT2D eigenvalue weighted by molar-refractivity contribution is 0.0942. The van der Waals surface area contributed by atoms with Gasteiger partial charge in [0.25, 0.3) is 11.7 Å². The smallest absolute Gasteiger partial charge is 0.292 e. The van der Waals surface area contributed by atoms with Crippen LogP contribution in [0.1, 0.15) is 42.8 Å². The summed E-state index contributed by atoms with van der Waals surface area (Å²) < 4.78 is 5.10. The minimum atomic E-state index is -0.289. The summed E-state index contributed by atoms with van der Waals surface area (Å²) in [4.78, 5) is 15.5. The van der Waals surface area contributed by atoms with Crippen LogP contribution in [0.4, 0.5) is 0 Å². The van der Waals surface area contributed by atoms with Crippen LogP contribution in [0.2, 0.25) is 0 Å². The molecule has 0 aliphatic carbocycles. The van der Waals surface area contributed by atoms with E-state index in [2.05, 4.69) is 27.7 Å². The van der Waals surface area contributed by atoms with Crippen LogP contribution >= 0.6 is 0 Å². The fraction of sp³-hybridized carbons (Fsp3) is 0.700. The standard InChI is InChI=1S/C10H16N4O2/c1-3-11-9(15)8-13-10(16-14-8)7-6(2)4-5-12-7/h6-7,12H,3-5H2,1-2H3,(H,11,15). The summed E-state index contributed by atoms with van der Waals surface area (Å²) >= 11 is 0. The third-order valence-electron chi connectivity index (χ3n) is 2.78. The van der Waals surface area contributed by atoms with Crippen molar-refractivity contribution < 1.29 is 9.32 Å². The summed E-state index contributed by atoms with van der Waals surface area (Å²) in [6.45, 7) is 5.48. The first-order valence-corrected chi connectivity index (χ1v) is 5.57. The van der Waals surface area contributed by atoms with Crippen molar-refractivity contribution in [1.82, 2.24) is 20.8 Å². The molecule has 0 bridgehead atoms. The molecule has 1 aromatic rings. The molecule has 16 heavy (non-hydrogen) atoms. The summed E-state index contributed by atoms with van der Waals surface area (Å²) in [6, 6.07) is 0.0793. The predicted molar refractivity (Wildman–Crippen MR) is 56.8 cm³/mol. The Balaban J connectivity index is 2.10. The molecular weight excluding hydrogens is 208 g/mol. The van der Waals surface area contributed by atoms with Gasteiger partial charge in [-0.2, -0.15) is 4.98 Å². The highest BCUT2D eigenvalue weighted by atomic mass is 16.5. The van der Waals surface area contributed by atoms with E-state index < -0.39 is 0 Å². The van der Waals surface area contributed by atoms with Crippen molar-refractivity contribution in [1.29, 1.82) is 0 Å². The highest BCUT2D eigenvalue weighted by Crippen LogP contribution is 2.27. The van der Waals surface area contributed by atoms with E-state index >= 15 is 0 Å². The van der Waals surface area contributed by atoms with Gasteiger partial charge in [0.1, 0.15) is 0 Å². The molecule has 0 saturated carbocycles. The number of aromatic nitrogens is 2. The maximum Gasteiger partial charge on any atom is 0.292 e. The first-order chi connectivity index (χ1) is 7.72. The van der Waals surface area contributed by atoms with E-state index in [0.29, 0.717) is 18.4 Å². The number of hydrogen-bond donors (Lipinski definition) is 2. The molecule has 1 aliphatic heterocycles. The van der Waals surface area contributed by atoms with E-state index in [9.17, 15) is 4.79 Å². The molecule has 2 heterocycles. The molecule has 2 atom stereocenters. The summed E-state index contributed by atoms with van der Waals surface area (Å²) in [5.41, 5.74) is 0. The van der Waals surface area contributed by atoms with E-state index in [1.807, 2.05) is 6.92 Å². The van der Waals surface area contributed by atoms with Crippen LogP contribution in [-0.4, -0.2) is 29.1 Å². The van der Waals surface area contributed by atoms with Crippen LogP contribution in [0.5, 0.6) is 0 Å². The maximum absolute atomic E-state index is 11.4. The average Bonchev–Trinajstić information content (AvgIpc) is 2.86. The molecule has 1 amide bonds. The van der Waals surface area contributed by atoms with Crippen molar-refractivity contribution in [3.05, 3.63) is 11.7 Å². The van der Waals surface area contributed by atoms with Crippen molar-refractivity contribution >= 4 is 5.91 Å². The number of carbonyl (C=O) groups is 1. The van der Waals surface area contributed by atoms with E-state index in [-0.39, 0.29) is 17.8 Å². The largest absolute Gasteiger partial charge is 0.349 e. The summed E-state index contributed by atoms with van der Waals surface area (Å²) in [7, 11) is 0. The molecule has 2 rings (SSSR count). The summed E-state index contributed by atoms with van der Waals surface area (Å²) in [5.74, 6) is 0.787. The monoisotopic (exact) mass is 224 g/mol. The number of carbonyl (C=O) groups excluding carboxylic acids is 1. The maximum atomic E-state index is 11.4. The lowest BCUT2D eigenvalue weighted by Crippen LogP contribution is -2.24. The van der Waals surface area contributed by atoms with Gasteiger partial charge in [-0.3, -0.25) is 4.79 Å². The van der Waals surface area contributed by atoms with Gasteiger partial charge in [0, 0.05) is 6.54 Å². The van der Waals surface area contributed by atoms with Crippen LogP contribution in [0.25, 0.3) is 0 Å². The first kappa shape index (κ1) is 11.1. The number of rotatable bonds is 3. The third-order valence-corrected chi connectivity index (χ3v) is 2.78. The Hall–Kier alpha value is -1.43. The van der Waals surface area contributed by atoms with Crippen molar-refractivity contribution in [2.24, 2.45) is 5.92 Å². The van der Waals surface area contributed by atoms with Crippen molar-refractivity contribution in [2.45, 2.75) is 26.3 Å². The summed E-state index contributed by atoms with van der Waals surface area (Å²) in [5, 5.41) is 9.59. The Morgan fingerprint density at radius 1 is 1.69 bits per heavy atom. The number of nitrogens with zero attached hydrogens (tertiary/aromatic N) is 2. The van der Waals surface area contributed by atoms with E-state index in [1.165, 1.54) is 0 Å². The SMILES string of the molecule is CCNC(=O)c1noc(C2NCCC2C)n1. The van der Waals surface area contributed by atoms with Crippen LogP contribution in [0, 0.1) is 5.92 Å². The second kappa shape index (κ2) is 4.61. The average molecular weight is 224 g/mol. The third kappa shape index (κ3) is 2.06. The molecular formula is C10H16N4O2. The zero-order valence-electron chi connectivity index (χ0n) is 9.49. The first-order valence-electron chi connectivity index (χ1n) is 5.57. The van der Waals surface area contributed by atoms with Crippen LogP contribution < -0.4 is 10.6 Å². The van der Waals surface area contributed by atoms with E-state index in [1.54, 1.807) is 0 Å². The molecule has 2 unspecified atom stereocenters. The van der Waals surface area contributed by atoms with Gasteiger partial charge in [-0.05, 0) is 25.8 Å². The molecule has 1 saturated heterocycles. The molecule has 2 N–H and O–H groups in total. The van der Waals surface area contributed by atoms with Crippen molar-refractivity contribution in [3.8, 4) is 0 Å². The predicted octanol–water partition coefficient (Wildman–Crippen LogP) is 0.490. The second-order valence-electron chi connectivity index (χ2n) is 4.01. The normalized spacial score (nSPS) is 24.6. The summed E-state index contributed by atoms with van der Waals surface area (Å²) in [6.07, 6.45) is 1.09. The van der Waals surface area contributed by atoms with Crippen molar-refractivity contribution in [2.75, 3.05) is 13.1 Å². The van der Waals surface area contributed by atoms with Gasteiger partial charge in [-0.25, -0.2) is 0 Å². The molecule has 0 aromatic carbocycles. The Kier molecular flexibility index (Phi) is 3.19. The molecule has 6 nitrogen and oxygen atoms in total. The Bertz CT molecular complexity index is 377. The Morgan fingerprint density at radius 3 is 3.12 bits per heavy atom. The van der Waals surface area contributed by atoms with Crippen LogP contribution in [0.15, 0.2) is 4.52 Å². The van der Waals surface area contributed by atoms with Gasteiger partial charge in [0.2, 0.25) is 5.89 Å². The number of hydrogen-bond acceptors (Lipinski definition) is 5. The van der Waals surface area contributed by atoms with Crippen LogP contribution in [0.3, 0.4) is 0 Å². The molecule has 1 aliphatic rings. The quantitative estimate of drug-likeness (QED) is 0.781. The van der Waals surface area contributed by atoms with Gasteiger partial charge >= 0.3 is 0 Å². The van der Waals surface area contributed by atoms with Gasteiger partial charge in [0.05, 0.1) is 6.04 Å². The fourth-order valence-electron chi connectivity index (χ4n) is 1.86. The highest BCUT2D eigenvalue weighted by molar-refractivity contribution is 5.90. The van der Waals surface area contributed by atoms with Gasteiger partial charge in [-0.1, -0.05) is 12.1 Å². The van der Waals surface area contributed by atoms with Crippen LogP contribution in [-0.2, 0) is 0 Å². The minimum absolute atomic E-state index is 0.0793. The van der Waals surface area contributed by atoms with E-state index in [4.69, 9.17) is 4.52 Å². The van der Waals surface area contributed by atoms with Gasteiger partial charge < -0.3 is 15.2 Å². The number of nitrogens with one attached hydrogen (secondary N) is 2. The lowest BCUT2D eigenvalue weighted by Gasteiger charge is -2.08. The Labute approximate surface area is 93.8 Å². The van der Waals surface area contributed by atoms with Crippen molar-refractivity contribution in [3.63, 3.8) is 0 Å². The molecule has 0 radical (unpaired) electrons. The van der Waals surface area contributed by atoms with Gasteiger partial charge in [0.15, 0.2) is 0 Å². The topological polar surface area (TPSA) is 80.0 Å². The molecule has 6 heteroatoms. The molecule has 1 aromatic heterocycles. The minimum Gasteiger partial charge on any atom is -0.349 e. The fourth-order valence-corrected chi connectivity index (χ4v) is 1.86. The lowest BCUT2D eigenvalue weighted by atomic mass is 10.0. The zero-order valence-corrected chi connectivity index (χ0v) is 9.49. The second-order valence-corrected chi connectivity index (χ2v) is 4.01. The molecule has 0 spiro atoms. The number of amides is 1. The molecule has 88 valence electrons. The van der Waals surface area contributed by atoms with E-state index in [0.717, 1.165) is 13.0 Å². The van der Waals surface area contributed by atoms with Gasteiger partial charge in [-0.15, -0.1) is 0 Å². The highest BCUT2D eigenvalue weighted by Gasteiger charge is 2.30. The zero-order chi connectivity index (χ0) is 11.5.